The van der Waals surface area contributed by atoms with Crippen molar-refractivity contribution in [2.24, 2.45) is 0 Å². The van der Waals surface area contributed by atoms with E-state index < -0.39 is 24.7 Å². The fourth-order valence-corrected chi connectivity index (χ4v) is 3.03. The van der Waals surface area contributed by atoms with Crippen molar-refractivity contribution in [3.05, 3.63) is 41.7 Å². The van der Waals surface area contributed by atoms with Crippen LogP contribution in [0, 0.1) is 0 Å². The first-order chi connectivity index (χ1) is 12.3. The van der Waals surface area contributed by atoms with Crippen molar-refractivity contribution in [3.8, 4) is 5.75 Å². The molecule has 0 saturated carbocycles. The number of nitrogens with zero attached hydrogens (tertiary/aromatic N) is 2. The second-order valence-corrected chi connectivity index (χ2v) is 6.33. The molecular formula is C18H20F3N3O2. The molecular weight excluding hydrogens is 347 g/mol. The van der Waals surface area contributed by atoms with E-state index in [0.29, 0.717) is 12.2 Å². The molecule has 140 valence electrons. The highest BCUT2D eigenvalue weighted by Gasteiger charge is 2.28. The maximum absolute atomic E-state index is 12.4. The molecule has 26 heavy (non-hydrogen) atoms. The summed E-state index contributed by atoms with van der Waals surface area (Å²) in [6.45, 7) is 0.608. The highest BCUT2D eigenvalue weighted by Crippen LogP contribution is 2.27. The van der Waals surface area contributed by atoms with Crippen LogP contribution in [-0.4, -0.2) is 28.0 Å². The van der Waals surface area contributed by atoms with Crippen molar-refractivity contribution in [1.29, 1.82) is 0 Å². The number of ether oxygens (including phenoxy) is 1. The number of amides is 1. The van der Waals surface area contributed by atoms with E-state index in [1.807, 2.05) is 25.1 Å². The minimum absolute atomic E-state index is 0.204. The van der Waals surface area contributed by atoms with Gasteiger partial charge in [0.05, 0.1) is 11.9 Å². The molecule has 0 radical (unpaired) electrons. The van der Waals surface area contributed by atoms with E-state index in [1.54, 1.807) is 0 Å². The third-order valence-corrected chi connectivity index (χ3v) is 4.25. The quantitative estimate of drug-likeness (QED) is 0.846. The molecule has 0 bridgehead atoms. The van der Waals surface area contributed by atoms with Crippen LogP contribution in [0.2, 0.25) is 0 Å². The monoisotopic (exact) mass is 367 g/mol. The first-order valence-electron chi connectivity index (χ1n) is 8.52. The summed E-state index contributed by atoms with van der Waals surface area (Å²) in [7, 11) is 0. The van der Waals surface area contributed by atoms with Crippen molar-refractivity contribution < 1.29 is 22.7 Å². The zero-order valence-corrected chi connectivity index (χ0v) is 14.3. The number of fused-ring (bicyclic) bond motifs is 1. The molecule has 8 heteroatoms. The molecule has 3 rings (SSSR count). The van der Waals surface area contributed by atoms with Crippen molar-refractivity contribution in [3.63, 3.8) is 0 Å². The summed E-state index contributed by atoms with van der Waals surface area (Å²) in [5, 5.41) is 6.16. The van der Waals surface area contributed by atoms with Crippen LogP contribution in [0.4, 0.5) is 18.9 Å². The van der Waals surface area contributed by atoms with Crippen molar-refractivity contribution in [2.75, 3.05) is 5.32 Å². The number of hydrogen-bond acceptors (Lipinski definition) is 3. The first-order valence-corrected chi connectivity index (χ1v) is 8.52. The maximum Gasteiger partial charge on any atom is 0.408 e. The lowest BCUT2D eigenvalue weighted by molar-refractivity contribution is -0.142. The van der Waals surface area contributed by atoms with Crippen LogP contribution >= 0.6 is 0 Å². The molecule has 5 nitrogen and oxygen atoms in total. The number of halogens is 3. The minimum atomic E-state index is -4.37. The van der Waals surface area contributed by atoms with Gasteiger partial charge in [0.1, 0.15) is 12.3 Å². The van der Waals surface area contributed by atoms with Crippen LogP contribution in [0.3, 0.4) is 0 Å². The Bertz CT molecular complexity index is 786. The van der Waals surface area contributed by atoms with Crippen molar-refractivity contribution in [1.82, 2.24) is 9.78 Å². The third kappa shape index (κ3) is 4.56. The molecule has 2 aromatic rings. The molecule has 0 saturated heterocycles. The Morgan fingerprint density at radius 2 is 2.12 bits per heavy atom. The Balaban J connectivity index is 1.62. The average molecular weight is 367 g/mol. The summed E-state index contributed by atoms with van der Waals surface area (Å²) >= 11 is 0. The van der Waals surface area contributed by atoms with Gasteiger partial charge < -0.3 is 10.1 Å². The second-order valence-electron chi connectivity index (χ2n) is 6.33. The highest BCUT2D eigenvalue weighted by molar-refractivity contribution is 5.94. The minimum Gasteiger partial charge on any atom is -0.481 e. The SMILES string of the molecule is CCC(Oc1ccc2c(c1)CCC2)C(=O)Nc1cnn(CC(F)(F)F)c1. The van der Waals surface area contributed by atoms with Gasteiger partial charge >= 0.3 is 6.18 Å². The van der Waals surface area contributed by atoms with Gasteiger partial charge in [-0.2, -0.15) is 18.3 Å². The number of anilines is 1. The summed E-state index contributed by atoms with van der Waals surface area (Å²) in [6, 6.07) is 5.82. The van der Waals surface area contributed by atoms with E-state index in [4.69, 9.17) is 4.74 Å². The van der Waals surface area contributed by atoms with Gasteiger partial charge in [0.2, 0.25) is 0 Å². The molecule has 1 atom stereocenters. The highest BCUT2D eigenvalue weighted by atomic mass is 19.4. The topological polar surface area (TPSA) is 56.1 Å². The van der Waals surface area contributed by atoms with Gasteiger partial charge in [0.25, 0.3) is 5.91 Å². The van der Waals surface area contributed by atoms with E-state index in [2.05, 4.69) is 10.4 Å². The van der Waals surface area contributed by atoms with Gasteiger partial charge in [-0.25, -0.2) is 0 Å². The second kappa shape index (κ2) is 7.39. The first kappa shape index (κ1) is 18.3. The number of nitrogens with one attached hydrogen (secondary N) is 1. The van der Waals surface area contributed by atoms with Gasteiger partial charge in [-0.15, -0.1) is 0 Å². The lowest BCUT2D eigenvalue weighted by Crippen LogP contribution is -2.32. The standard InChI is InChI=1S/C18H20F3N3O2/c1-2-16(26-15-7-6-12-4-3-5-13(12)8-15)17(25)23-14-9-22-24(10-14)11-18(19,20)21/h6-10,16H,2-5,11H2,1H3,(H,23,25). The number of carbonyl (C=O) groups excluding carboxylic acids is 1. The predicted molar refractivity (Wildman–Crippen MR) is 90.1 cm³/mol. The number of aryl methyl sites for hydroxylation is 2. The number of alkyl halides is 3. The predicted octanol–water partition coefficient (Wildman–Crippen LogP) is 3.73. The Labute approximate surface area is 149 Å². The van der Waals surface area contributed by atoms with Gasteiger partial charge in [-0.1, -0.05) is 13.0 Å². The van der Waals surface area contributed by atoms with Crippen molar-refractivity contribution >= 4 is 11.6 Å². The zero-order chi connectivity index (χ0) is 18.7. The molecule has 1 unspecified atom stereocenters. The zero-order valence-electron chi connectivity index (χ0n) is 14.3. The van der Waals surface area contributed by atoms with Gasteiger partial charge in [-0.3, -0.25) is 9.48 Å². The molecule has 1 aliphatic rings. The summed E-state index contributed by atoms with van der Waals surface area (Å²) in [5.74, 6) is 0.208. The average Bonchev–Trinajstić information content (AvgIpc) is 3.19. The normalized spacial score (nSPS) is 14.8. The van der Waals surface area contributed by atoms with Crippen LogP contribution in [0.15, 0.2) is 30.6 Å². The van der Waals surface area contributed by atoms with Crippen molar-refractivity contribution in [2.45, 2.75) is 51.4 Å². The Hall–Kier alpha value is -2.51. The molecule has 1 aliphatic carbocycles. The van der Waals surface area contributed by atoms with Crippen LogP contribution < -0.4 is 10.1 Å². The van der Waals surface area contributed by atoms with E-state index in [0.717, 1.165) is 30.1 Å². The fourth-order valence-electron chi connectivity index (χ4n) is 3.03. The molecule has 1 amide bonds. The number of hydrogen-bond donors (Lipinski definition) is 1. The Kier molecular flexibility index (Phi) is 5.20. The number of benzene rings is 1. The van der Waals surface area contributed by atoms with Crippen LogP contribution in [-0.2, 0) is 24.2 Å². The Morgan fingerprint density at radius 3 is 2.85 bits per heavy atom. The molecule has 1 aromatic carbocycles. The molecule has 1 N–H and O–H groups in total. The molecule has 0 aliphatic heterocycles. The van der Waals surface area contributed by atoms with Crippen LogP contribution in [0.1, 0.15) is 30.9 Å². The number of rotatable bonds is 6. The van der Waals surface area contributed by atoms with E-state index in [-0.39, 0.29) is 5.69 Å². The fraction of sp³-hybridized carbons (Fsp3) is 0.444. The number of carbonyl (C=O) groups is 1. The van der Waals surface area contributed by atoms with E-state index in [1.165, 1.54) is 17.3 Å². The van der Waals surface area contributed by atoms with Crippen LogP contribution in [0.5, 0.6) is 5.75 Å². The van der Waals surface area contributed by atoms with Gasteiger partial charge in [0.15, 0.2) is 6.10 Å². The smallest absolute Gasteiger partial charge is 0.408 e. The molecule has 0 fully saturated rings. The van der Waals surface area contributed by atoms with Gasteiger partial charge in [0, 0.05) is 6.20 Å². The summed E-state index contributed by atoms with van der Waals surface area (Å²) in [6.07, 6.45) is 0.858. The summed E-state index contributed by atoms with van der Waals surface area (Å²) in [5.41, 5.74) is 2.76. The Morgan fingerprint density at radius 1 is 1.35 bits per heavy atom. The van der Waals surface area contributed by atoms with E-state index >= 15 is 0 Å². The maximum atomic E-state index is 12.4. The molecule has 0 spiro atoms. The lowest BCUT2D eigenvalue weighted by atomic mass is 10.1. The lowest BCUT2D eigenvalue weighted by Gasteiger charge is -2.17. The van der Waals surface area contributed by atoms with Crippen LogP contribution in [0.25, 0.3) is 0 Å². The third-order valence-electron chi connectivity index (χ3n) is 4.25. The largest absolute Gasteiger partial charge is 0.481 e. The van der Waals surface area contributed by atoms with Gasteiger partial charge in [-0.05, 0) is 48.9 Å². The number of aromatic nitrogens is 2. The molecule has 1 aromatic heterocycles. The summed E-state index contributed by atoms with van der Waals surface area (Å²) < 4.78 is 43.6. The molecule has 1 heterocycles. The van der Waals surface area contributed by atoms with E-state index in [9.17, 15) is 18.0 Å². The summed E-state index contributed by atoms with van der Waals surface area (Å²) in [4.78, 5) is 12.4.